The number of pyridine rings is 1. The van der Waals surface area contributed by atoms with Crippen molar-refractivity contribution in [3.05, 3.63) is 36.0 Å². The summed E-state index contributed by atoms with van der Waals surface area (Å²) < 4.78 is 15.1. The van der Waals surface area contributed by atoms with Crippen LogP contribution in [0.5, 0.6) is 17.4 Å². The number of carbonyl (C=O) groups is 1. The monoisotopic (exact) mass is 272 g/mol. The van der Waals surface area contributed by atoms with Crippen LogP contribution in [0.25, 0.3) is 11.1 Å². The van der Waals surface area contributed by atoms with Crippen molar-refractivity contribution in [1.29, 1.82) is 0 Å². The highest BCUT2D eigenvalue weighted by atomic mass is 16.7. The number of rotatable bonds is 2. The number of ether oxygens (including phenoxy) is 3. The number of hydrogen-bond donors (Lipinski definition) is 0. The molecule has 3 rings (SSSR count). The van der Waals surface area contributed by atoms with Gasteiger partial charge in [-0.1, -0.05) is 6.07 Å². The molecule has 0 aliphatic carbocycles. The average Bonchev–Trinajstić information content (AvgIpc) is 2.88. The lowest BCUT2D eigenvalue weighted by molar-refractivity contribution is -0.271. The van der Waals surface area contributed by atoms with Crippen LogP contribution < -0.4 is 19.3 Å². The number of aromatic nitrogens is 1. The first-order chi connectivity index (χ1) is 9.65. The Morgan fingerprint density at radius 3 is 2.90 bits per heavy atom. The Bertz CT molecular complexity index is 683. The van der Waals surface area contributed by atoms with Crippen LogP contribution in [0.3, 0.4) is 0 Å². The minimum absolute atomic E-state index is 0.0140. The lowest BCUT2D eigenvalue weighted by Crippen LogP contribution is -2.27. The maximum absolute atomic E-state index is 10.5. The zero-order valence-electron chi connectivity index (χ0n) is 10.6. The third-order valence-corrected chi connectivity index (χ3v) is 3.02. The molecule has 1 aliphatic heterocycles. The minimum atomic E-state index is -1.64. The van der Waals surface area contributed by atoms with E-state index in [1.54, 1.807) is 19.1 Å². The van der Waals surface area contributed by atoms with Gasteiger partial charge in [0.25, 0.3) is 6.16 Å². The summed E-state index contributed by atoms with van der Waals surface area (Å²) in [7, 11) is 0. The van der Waals surface area contributed by atoms with E-state index < -0.39 is 6.16 Å². The fraction of sp³-hybridized carbons (Fsp3) is 0.143. The first-order valence-corrected chi connectivity index (χ1v) is 5.89. The summed E-state index contributed by atoms with van der Waals surface area (Å²) in [6.45, 7) is 1.93. The molecule has 20 heavy (non-hydrogen) atoms. The van der Waals surface area contributed by atoms with Gasteiger partial charge in [-0.15, -0.1) is 0 Å². The van der Waals surface area contributed by atoms with Crippen molar-refractivity contribution in [3.63, 3.8) is 0 Å². The molecule has 0 saturated carbocycles. The van der Waals surface area contributed by atoms with E-state index in [0.29, 0.717) is 17.1 Å². The Morgan fingerprint density at radius 1 is 1.30 bits per heavy atom. The van der Waals surface area contributed by atoms with Gasteiger partial charge >= 0.3 is 0 Å². The Hall–Kier alpha value is -2.76. The molecule has 1 aliphatic rings. The summed E-state index contributed by atoms with van der Waals surface area (Å²) in [5.74, 6) is 1.35. The highest BCUT2D eigenvalue weighted by molar-refractivity contribution is 5.72. The second-order valence-electron chi connectivity index (χ2n) is 4.21. The van der Waals surface area contributed by atoms with Crippen LogP contribution in [-0.2, 0) is 0 Å². The predicted octanol–water partition coefficient (Wildman–Crippen LogP) is 1.51. The van der Waals surface area contributed by atoms with E-state index in [9.17, 15) is 9.90 Å². The van der Waals surface area contributed by atoms with Gasteiger partial charge in [-0.2, -0.15) is 0 Å². The van der Waals surface area contributed by atoms with Crippen molar-refractivity contribution < 1.29 is 24.1 Å². The summed E-state index contributed by atoms with van der Waals surface area (Å²) in [5, 5.41) is 10.5. The maximum atomic E-state index is 10.5. The van der Waals surface area contributed by atoms with Crippen molar-refractivity contribution in [2.24, 2.45) is 0 Å². The summed E-state index contributed by atoms with van der Waals surface area (Å²) in [5.41, 5.74) is 2.27. The molecule has 0 radical (unpaired) electrons. The molecular formula is C14H10NO5-. The van der Waals surface area contributed by atoms with Gasteiger partial charge in [0.2, 0.25) is 6.79 Å². The van der Waals surface area contributed by atoms with Crippen LogP contribution in [0.4, 0.5) is 4.79 Å². The first kappa shape index (κ1) is 12.3. The van der Waals surface area contributed by atoms with Gasteiger partial charge in [-0.25, -0.2) is 4.98 Å². The van der Waals surface area contributed by atoms with Gasteiger partial charge in [0.15, 0.2) is 11.5 Å². The number of carbonyl (C=O) groups excluding carboxylic acids is 1. The average molecular weight is 272 g/mol. The quantitative estimate of drug-likeness (QED) is 0.771. The molecular weight excluding hydrogens is 262 g/mol. The van der Waals surface area contributed by atoms with Crippen molar-refractivity contribution >= 4 is 6.16 Å². The van der Waals surface area contributed by atoms with E-state index in [1.165, 1.54) is 6.20 Å². The van der Waals surface area contributed by atoms with E-state index in [4.69, 9.17) is 9.47 Å². The fourth-order valence-electron chi connectivity index (χ4n) is 2.08. The number of fused-ring (bicyclic) bond motifs is 1. The van der Waals surface area contributed by atoms with Crippen LogP contribution in [0, 0.1) is 6.92 Å². The SMILES string of the molecule is Cc1c(-c2ccc3c(c2)OCO3)ccnc1OC(=O)[O-]. The smallest absolute Gasteiger partial charge is 0.258 e. The second kappa shape index (κ2) is 4.73. The molecule has 6 heteroatoms. The molecule has 102 valence electrons. The van der Waals surface area contributed by atoms with E-state index >= 15 is 0 Å². The molecule has 0 N–H and O–H groups in total. The van der Waals surface area contributed by atoms with Crippen molar-refractivity contribution in [2.45, 2.75) is 6.92 Å². The largest absolute Gasteiger partial charge is 0.496 e. The van der Waals surface area contributed by atoms with E-state index in [2.05, 4.69) is 9.72 Å². The Balaban J connectivity index is 2.04. The summed E-state index contributed by atoms with van der Waals surface area (Å²) in [6.07, 6.45) is -0.158. The third kappa shape index (κ3) is 2.11. The first-order valence-electron chi connectivity index (χ1n) is 5.89. The molecule has 0 atom stereocenters. The molecule has 0 amide bonds. The van der Waals surface area contributed by atoms with Crippen molar-refractivity contribution in [3.8, 4) is 28.5 Å². The standard InChI is InChI=1S/C14H11NO5/c1-8-10(4-5-15-13(8)20-14(16)17)9-2-3-11-12(6-9)19-7-18-11/h2-6H,7H2,1H3,(H,16,17)/p-1. The van der Waals surface area contributed by atoms with E-state index in [1.807, 2.05) is 12.1 Å². The zero-order chi connectivity index (χ0) is 14.1. The van der Waals surface area contributed by atoms with Crippen LogP contribution in [0.15, 0.2) is 30.5 Å². The van der Waals surface area contributed by atoms with Crippen LogP contribution in [-0.4, -0.2) is 17.9 Å². The molecule has 2 heterocycles. The topological polar surface area (TPSA) is 80.7 Å². The maximum Gasteiger partial charge on any atom is 0.258 e. The van der Waals surface area contributed by atoms with Gasteiger partial charge in [0.05, 0.1) is 0 Å². The summed E-state index contributed by atoms with van der Waals surface area (Å²) >= 11 is 0. The number of nitrogens with zero attached hydrogens (tertiary/aromatic N) is 1. The predicted molar refractivity (Wildman–Crippen MR) is 66.6 cm³/mol. The van der Waals surface area contributed by atoms with Crippen molar-refractivity contribution in [2.75, 3.05) is 6.79 Å². The normalized spacial score (nSPS) is 12.2. The minimum Gasteiger partial charge on any atom is -0.496 e. The molecule has 0 bridgehead atoms. The second-order valence-corrected chi connectivity index (χ2v) is 4.21. The van der Waals surface area contributed by atoms with Crippen LogP contribution >= 0.6 is 0 Å². The van der Waals surface area contributed by atoms with Gasteiger partial charge in [0.1, 0.15) is 5.88 Å². The van der Waals surface area contributed by atoms with Crippen molar-refractivity contribution in [1.82, 2.24) is 4.98 Å². The Labute approximate surface area is 114 Å². The van der Waals surface area contributed by atoms with Gasteiger partial charge in [-0.3, -0.25) is 0 Å². The van der Waals surface area contributed by atoms with Gasteiger partial charge < -0.3 is 24.1 Å². The molecule has 0 saturated heterocycles. The summed E-state index contributed by atoms with van der Waals surface area (Å²) in [6, 6.07) is 7.26. The van der Waals surface area contributed by atoms with Crippen LogP contribution in [0.2, 0.25) is 0 Å². The molecule has 1 aromatic carbocycles. The van der Waals surface area contributed by atoms with E-state index in [-0.39, 0.29) is 12.7 Å². The fourth-order valence-corrected chi connectivity index (χ4v) is 2.08. The number of benzene rings is 1. The van der Waals surface area contributed by atoms with Gasteiger partial charge in [-0.05, 0) is 41.8 Å². The molecule has 2 aromatic rings. The van der Waals surface area contributed by atoms with Gasteiger partial charge in [0, 0.05) is 6.20 Å². The lowest BCUT2D eigenvalue weighted by Gasteiger charge is -2.13. The molecule has 0 spiro atoms. The molecule has 6 nitrogen and oxygen atoms in total. The Morgan fingerprint density at radius 2 is 2.10 bits per heavy atom. The highest BCUT2D eigenvalue weighted by Crippen LogP contribution is 2.37. The summed E-state index contributed by atoms with van der Waals surface area (Å²) in [4.78, 5) is 14.4. The highest BCUT2D eigenvalue weighted by Gasteiger charge is 2.15. The Kier molecular flexibility index (Phi) is 2.90. The van der Waals surface area contributed by atoms with E-state index in [0.717, 1.165) is 11.1 Å². The molecule has 1 aromatic heterocycles. The third-order valence-electron chi connectivity index (χ3n) is 3.02. The molecule has 0 fully saturated rings. The lowest BCUT2D eigenvalue weighted by atomic mass is 10.0. The van der Waals surface area contributed by atoms with Crippen LogP contribution in [0.1, 0.15) is 5.56 Å². The number of carboxylic acid groups (broad SMARTS) is 1. The molecule has 0 unspecified atom stereocenters. The number of hydrogen-bond acceptors (Lipinski definition) is 6. The zero-order valence-corrected chi connectivity index (χ0v) is 10.6.